The van der Waals surface area contributed by atoms with Crippen molar-refractivity contribution in [2.45, 2.75) is 23.2 Å². The summed E-state index contributed by atoms with van der Waals surface area (Å²) in [7, 11) is 1.59. The second-order valence-electron chi connectivity index (χ2n) is 6.04. The number of ether oxygens (including phenoxy) is 1. The van der Waals surface area contributed by atoms with Crippen molar-refractivity contribution in [1.29, 1.82) is 5.26 Å². The van der Waals surface area contributed by atoms with Gasteiger partial charge in [0.1, 0.15) is 15.9 Å². The number of nitrogens with zero attached hydrogens (tertiary/aromatic N) is 1. The first-order valence-corrected chi connectivity index (χ1v) is 10.4. The zero-order chi connectivity index (χ0) is 18.6. The first-order chi connectivity index (χ1) is 12.6. The van der Waals surface area contributed by atoms with Crippen molar-refractivity contribution >= 4 is 23.5 Å². The van der Waals surface area contributed by atoms with Crippen molar-refractivity contribution in [3.63, 3.8) is 0 Å². The number of hydrogen-bond donors (Lipinski definition) is 2. The fraction of sp³-hybridized carbons (Fsp3) is 0.350. The summed E-state index contributed by atoms with van der Waals surface area (Å²) in [5, 5.41) is 29.8. The van der Waals surface area contributed by atoms with Crippen LogP contribution in [0, 0.1) is 11.3 Å². The number of thioether (sulfide) groups is 2. The number of rotatable bonds is 5. The van der Waals surface area contributed by atoms with Gasteiger partial charge < -0.3 is 14.9 Å². The van der Waals surface area contributed by atoms with Crippen LogP contribution in [0.3, 0.4) is 0 Å². The summed E-state index contributed by atoms with van der Waals surface area (Å²) in [6.07, 6.45) is 0.374. The average molecular weight is 388 g/mol. The first-order valence-electron chi connectivity index (χ1n) is 8.39. The zero-order valence-electron chi connectivity index (χ0n) is 14.5. The lowest BCUT2D eigenvalue weighted by Gasteiger charge is -2.40. The van der Waals surface area contributed by atoms with Crippen LogP contribution in [-0.2, 0) is 10.7 Å². The minimum absolute atomic E-state index is 0.0884. The van der Waals surface area contributed by atoms with E-state index >= 15 is 0 Å². The molecule has 2 N–H and O–H groups in total. The van der Waals surface area contributed by atoms with Crippen molar-refractivity contribution in [3.8, 4) is 11.8 Å². The van der Waals surface area contributed by atoms with Crippen molar-refractivity contribution in [2.75, 3.05) is 18.6 Å². The number of benzene rings is 2. The van der Waals surface area contributed by atoms with E-state index in [4.69, 9.17) is 10.00 Å². The van der Waals surface area contributed by atoms with Gasteiger partial charge in [-0.1, -0.05) is 24.3 Å². The van der Waals surface area contributed by atoms with E-state index in [0.717, 1.165) is 34.6 Å². The number of aliphatic hydroxyl groups is 2. The molecule has 0 radical (unpaired) electrons. The quantitative estimate of drug-likeness (QED) is 0.813. The fourth-order valence-corrected chi connectivity index (χ4v) is 6.46. The molecule has 0 spiro atoms. The zero-order valence-corrected chi connectivity index (χ0v) is 16.1. The van der Waals surface area contributed by atoms with E-state index in [9.17, 15) is 10.2 Å². The van der Waals surface area contributed by atoms with Gasteiger partial charge in [-0.2, -0.15) is 5.26 Å². The Balaban J connectivity index is 2.04. The molecule has 3 rings (SSSR count). The summed E-state index contributed by atoms with van der Waals surface area (Å²) in [6.45, 7) is -0.0884. The molecular formula is C20H21NO3S2. The second-order valence-corrected chi connectivity index (χ2v) is 8.98. The van der Waals surface area contributed by atoms with E-state index < -0.39 is 10.2 Å². The Bertz CT molecular complexity index is 796. The molecular weight excluding hydrogens is 366 g/mol. The van der Waals surface area contributed by atoms with Crippen molar-refractivity contribution in [3.05, 3.63) is 64.7 Å². The van der Waals surface area contributed by atoms with Crippen molar-refractivity contribution in [2.24, 2.45) is 0 Å². The predicted molar refractivity (Wildman–Crippen MR) is 106 cm³/mol. The Morgan fingerprint density at radius 2 is 1.88 bits per heavy atom. The van der Waals surface area contributed by atoms with Crippen LogP contribution in [0.15, 0.2) is 42.5 Å². The van der Waals surface area contributed by atoms with Crippen LogP contribution in [0.1, 0.15) is 34.8 Å². The molecule has 1 heterocycles. The molecule has 1 atom stereocenters. The highest BCUT2D eigenvalue weighted by atomic mass is 32.2. The van der Waals surface area contributed by atoms with Crippen LogP contribution < -0.4 is 4.74 Å². The fourth-order valence-electron chi connectivity index (χ4n) is 3.08. The van der Waals surface area contributed by atoms with E-state index in [1.807, 2.05) is 30.3 Å². The summed E-state index contributed by atoms with van der Waals surface area (Å²) < 4.78 is 4.88. The maximum absolute atomic E-state index is 11.3. The largest absolute Gasteiger partial charge is 0.496 e. The number of methoxy groups -OCH3 is 1. The summed E-state index contributed by atoms with van der Waals surface area (Å²) in [6, 6.07) is 15.0. The Hall–Kier alpha value is -1.65. The molecule has 0 saturated carbocycles. The molecule has 2 aromatic rings. The van der Waals surface area contributed by atoms with E-state index in [-0.39, 0.29) is 6.61 Å². The van der Waals surface area contributed by atoms with Crippen LogP contribution in [0.5, 0.6) is 5.75 Å². The SMILES string of the molecule is COc1cc(C2(C(O)c3ccc(C#N)cc3)SCCCS2)ccc1CO. The molecule has 1 fully saturated rings. The number of nitriles is 1. The lowest BCUT2D eigenvalue weighted by Crippen LogP contribution is -2.30. The first kappa shape index (κ1) is 19.1. The monoisotopic (exact) mass is 387 g/mol. The summed E-state index contributed by atoms with van der Waals surface area (Å²) in [4.78, 5) is 0. The molecule has 0 amide bonds. The third-order valence-corrected chi connectivity index (χ3v) is 7.97. The van der Waals surface area contributed by atoms with Crippen LogP contribution in [0.25, 0.3) is 0 Å². The van der Waals surface area contributed by atoms with Gasteiger partial charge in [0, 0.05) is 5.56 Å². The molecule has 26 heavy (non-hydrogen) atoms. The van der Waals surface area contributed by atoms with Crippen molar-refractivity contribution in [1.82, 2.24) is 0 Å². The molecule has 0 aromatic heterocycles. The topological polar surface area (TPSA) is 73.5 Å². The average Bonchev–Trinajstić information content (AvgIpc) is 2.73. The Morgan fingerprint density at radius 1 is 1.19 bits per heavy atom. The molecule has 1 unspecified atom stereocenters. The summed E-state index contributed by atoms with van der Waals surface area (Å²) in [5.41, 5.74) is 3.06. The van der Waals surface area contributed by atoms with Gasteiger partial charge in [0.2, 0.25) is 0 Å². The van der Waals surface area contributed by atoms with Gasteiger partial charge in [0.25, 0.3) is 0 Å². The van der Waals surface area contributed by atoms with Gasteiger partial charge in [-0.25, -0.2) is 0 Å². The van der Waals surface area contributed by atoms with Crippen LogP contribution >= 0.6 is 23.5 Å². The van der Waals surface area contributed by atoms with Crippen LogP contribution in [0.4, 0.5) is 0 Å². The van der Waals surface area contributed by atoms with E-state index in [2.05, 4.69) is 6.07 Å². The normalized spacial score (nSPS) is 17.3. The standard InChI is InChI=1S/C20H21NO3S2/c1-24-18-11-17(8-7-16(18)13-22)20(25-9-2-10-26-20)19(23)15-5-3-14(12-21)4-6-15/h3-8,11,19,22-23H,2,9-10,13H2,1H3. The predicted octanol–water partition coefficient (Wildman–Crippen LogP) is 3.82. The molecule has 1 saturated heterocycles. The van der Waals surface area contributed by atoms with Crippen molar-refractivity contribution < 1.29 is 14.9 Å². The van der Waals surface area contributed by atoms with Gasteiger partial charge in [-0.15, -0.1) is 23.5 Å². The van der Waals surface area contributed by atoms with Crippen LogP contribution in [-0.4, -0.2) is 28.8 Å². The molecule has 1 aliphatic rings. The minimum atomic E-state index is -0.727. The lowest BCUT2D eigenvalue weighted by atomic mass is 9.98. The summed E-state index contributed by atoms with van der Waals surface area (Å²) in [5.74, 6) is 2.55. The van der Waals surface area contributed by atoms with Gasteiger partial charge in [-0.3, -0.25) is 0 Å². The molecule has 0 aliphatic carbocycles. The van der Waals surface area contributed by atoms with Gasteiger partial charge in [-0.05, 0) is 47.3 Å². The molecule has 4 nitrogen and oxygen atoms in total. The second kappa shape index (κ2) is 8.36. The Labute approximate surface area is 162 Å². The third-order valence-electron chi connectivity index (χ3n) is 4.50. The van der Waals surface area contributed by atoms with Gasteiger partial charge in [0.15, 0.2) is 0 Å². The highest BCUT2D eigenvalue weighted by molar-refractivity contribution is 8.18. The van der Waals surface area contributed by atoms with Gasteiger partial charge in [0.05, 0.1) is 25.3 Å². The van der Waals surface area contributed by atoms with E-state index in [1.165, 1.54) is 0 Å². The summed E-state index contributed by atoms with van der Waals surface area (Å²) >= 11 is 3.48. The smallest absolute Gasteiger partial charge is 0.124 e. The highest BCUT2D eigenvalue weighted by Gasteiger charge is 2.43. The van der Waals surface area contributed by atoms with E-state index in [1.54, 1.807) is 42.8 Å². The van der Waals surface area contributed by atoms with Gasteiger partial charge >= 0.3 is 0 Å². The highest BCUT2D eigenvalue weighted by Crippen LogP contribution is 2.58. The van der Waals surface area contributed by atoms with Crippen LogP contribution in [0.2, 0.25) is 0 Å². The number of aliphatic hydroxyl groups excluding tert-OH is 2. The molecule has 0 bridgehead atoms. The lowest BCUT2D eigenvalue weighted by molar-refractivity contribution is 0.163. The Morgan fingerprint density at radius 3 is 2.46 bits per heavy atom. The molecule has 6 heteroatoms. The number of hydrogen-bond acceptors (Lipinski definition) is 6. The third kappa shape index (κ3) is 3.58. The molecule has 1 aliphatic heterocycles. The van der Waals surface area contributed by atoms with E-state index in [0.29, 0.717) is 11.3 Å². The molecule has 2 aromatic carbocycles. The Kier molecular flexibility index (Phi) is 6.15. The minimum Gasteiger partial charge on any atom is -0.496 e. The molecule has 136 valence electrons. The maximum atomic E-state index is 11.3. The maximum Gasteiger partial charge on any atom is 0.124 e.